The van der Waals surface area contributed by atoms with Crippen molar-refractivity contribution in [3.05, 3.63) is 36.0 Å². The van der Waals surface area contributed by atoms with Crippen LogP contribution >= 0.6 is 0 Å². The lowest BCUT2D eigenvalue weighted by molar-refractivity contribution is -0.131. The number of fused-ring (bicyclic) bond motifs is 2. The highest BCUT2D eigenvalue weighted by Crippen LogP contribution is 2.60. The van der Waals surface area contributed by atoms with Gasteiger partial charge in [-0.15, -0.1) is 0 Å². The molecule has 2 saturated carbocycles. The third-order valence-corrected chi connectivity index (χ3v) is 4.83. The Morgan fingerprint density at radius 2 is 2.28 bits per heavy atom. The number of carboxylic acid groups (broad SMARTS) is 1. The normalized spacial score (nSPS) is 35.7. The highest BCUT2D eigenvalue weighted by atomic mass is 16.4. The van der Waals surface area contributed by atoms with E-state index in [0.717, 1.165) is 23.8 Å². The first-order valence-corrected chi connectivity index (χ1v) is 6.70. The predicted molar refractivity (Wildman–Crippen MR) is 73.2 cm³/mol. The Hall–Kier alpha value is -1.31. The van der Waals surface area contributed by atoms with Crippen LogP contribution in [-0.4, -0.2) is 11.1 Å². The molecule has 2 rings (SSSR count). The van der Waals surface area contributed by atoms with E-state index >= 15 is 0 Å². The van der Waals surface area contributed by atoms with Gasteiger partial charge in [0.15, 0.2) is 0 Å². The van der Waals surface area contributed by atoms with Crippen molar-refractivity contribution in [2.45, 2.75) is 39.5 Å². The molecule has 3 unspecified atom stereocenters. The molecule has 0 amide bonds. The smallest absolute Gasteiger partial charge is 0.328 e. The van der Waals surface area contributed by atoms with E-state index in [9.17, 15) is 4.79 Å². The minimum Gasteiger partial charge on any atom is -0.478 e. The van der Waals surface area contributed by atoms with Crippen LogP contribution in [0.2, 0.25) is 0 Å². The molecule has 0 aromatic rings. The Morgan fingerprint density at radius 1 is 1.56 bits per heavy atom. The van der Waals surface area contributed by atoms with E-state index in [1.165, 1.54) is 30.9 Å². The van der Waals surface area contributed by atoms with Crippen molar-refractivity contribution in [1.29, 1.82) is 0 Å². The third kappa shape index (κ3) is 2.29. The third-order valence-electron chi connectivity index (χ3n) is 4.83. The maximum absolute atomic E-state index is 10.5. The topological polar surface area (TPSA) is 37.3 Å². The SMILES string of the molecule is C=C1C2CCC(C2)C1(C)C/C=C/C(C)=C/C(=O)O. The summed E-state index contributed by atoms with van der Waals surface area (Å²) in [5.74, 6) is 0.639. The minimum absolute atomic E-state index is 0.239. The van der Waals surface area contributed by atoms with Gasteiger partial charge in [-0.25, -0.2) is 4.79 Å². The lowest BCUT2D eigenvalue weighted by Crippen LogP contribution is -2.25. The van der Waals surface area contributed by atoms with Gasteiger partial charge in [0.05, 0.1) is 0 Å². The standard InChI is InChI=1S/C16H22O2/c1-11(9-15(17)18)5-4-8-16(3)12(2)13-6-7-14(16)10-13/h4-5,9,13-14H,2,6-8,10H2,1,3H3,(H,17,18)/b5-4+,11-9+. The molecule has 18 heavy (non-hydrogen) atoms. The molecule has 0 radical (unpaired) electrons. The van der Waals surface area contributed by atoms with Crippen LogP contribution in [0.15, 0.2) is 36.0 Å². The highest BCUT2D eigenvalue weighted by molar-refractivity contribution is 5.81. The van der Waals surface area contributed by atoms with Gasteiger partial charge < -0.3 is 5.11 Å². The molecule has 2 aliphatic rings. The fraction of sp³-hybridized carbons (Fsp3) is 0.562. The van der Waals surface area contributed by atoms with Crippen molar-refractivity contribution in [2.75, 3.05) is 0 Å². The molecule has 0 aromatic heterocycles. The predicted octanol–water partition coefficient (Wildman–Crippen LogP) is 3.96. The summed E-state index contributed by atoms with van der Waals surface area (Å²) in [6.07, 6.45) is 10.2. The lowest BCUT2D eigenvalue weighted by atomic mass is 9.69. The lowest BCUT2D eigenvalue weighted by Gasteiger charge is -2.35. The molecule has 0 heterocycles. The first-order valence-electron chi connectivity index (χ1n) is 6.70. The molecule has 98 valence electrons. The van der Waals surface area contributed by atoms with Gasteiger partial charge >= 0.3 is 5.97 Å². The van der Waals surface area contributed by atoms with Gasteiger partial charge in [0.25, 0.3) is 0 Å². The van der Waals surface area contributed by atoms with E-state index in [2.05, 4.69) is 19.6 Å². The largest absolute Gasteiger partial charge is 0.478 e. The van der Waals surface area contributed by atoms with Crippen molar-refractivity contribution < 1.29 is 9.90 Å². The number of aliphatic carboxylic acids is 1. The van der Waals surface area contributed by atoms with Crippen LogP contribution in [0.5, 0.6) is 0 Å². The van der Waals surface area contributed by atoms with Crippen molar-refractivity contribution >= 4 is 5.97 Å². The Morgan fingerprint density at radius 3 is 2.83 bits per heavy atom. The summed E-state index contributed by atoms with van der Waals surface area (Å²) in [6, 6.07) is 0. The van der Waals surface area contributed by atoms with E-state index < -0.39 is 5.97 Å². The molecule has 2 nitrogen and oxygen atoms in total. The molecule has 0 aromatic carbocycles. The number of rotatable bonds is 4. The molecule has 2 fully saturated rings. The maximum Gasteiger partial charge on any atom is 0.328 e. The summed E-state index contributed by atoms with van der Waals surface area (Å²) in [6.45, 7) is 8.43. The van der Waals surface area contributed by atoms with Gasteiger partial charge in [-0.3, -0.25) is 0 Å². The zero-order valence-electron chi connectivity index (χ0n) is 11.3. The molecule has 0 spiro atoms. The van der Waals surface area contributed by atoms with Gasteiger partial charge in [0.2, 0.25) is 0 Å². The molecule has 0 aliphatic heterocycles. The average molecular weight is 246 g/mol. The van der Waals surface area contributed by atoms with Crippen LogP contribution < -0.4 is 0 Å². The maximum atomic E-state index is 10.5. The summed E-state index contributed by atoms with van der Waals surface area (Å²) >= 11 is 0. The molecule has 2 bridgehead atoms. The van der Waals surface area contributed by atoms with E-state index in [-0.39, 0.29) is 5.41 Å². The first kappa shape index (κ1) is 13.1. The van der Waals surface area contributed by atoms with E-state index in [0.29, 0.717) is 0 Å². The van der Waals surface area contributed by atoms with E-state index in [1.807, 2.05) is 13.0 Å². The average Bonchev–Trinajstić information content (AvgIpc) is 2.82. The van der Waals surface area contributed by atoms with Crippen LogP contribution in [0, 0.1) is 17.3 Å². The van der Waals surface area contributed by atoms with Gasteiger partial charge in [0, 0.05) is 6.08 Å². The number of allylic oxidation sites excluding steroid dienone is 4. The second kappa shape index (κ2) is 4.75. The quantitative estimate of drug-likeness (QED) is 0.463. The minimum atomic E-state index is -0.882. The Labute approximate surface area is 109 Å². The molecule has 0 saturated heterocycles. The van der Waals surface area contributed by atoms with Gasteiger partial charge in [-0.05, 0) is 55.4 Å². The van der Waals surface area contributed by atoms with Crippen LogP contribution in [0.3, 0.4) is 0 Å². The number of hydrogen-bond acceptors (Lipinski definition) is 1. The molecular weight excluding hydrogens is 224 g/mol. The van der Waals surface area contributed by atoms with Gasteiger partial charge in [0.1, 0.15) is 0 Å². The van der Waals surface area contributed by atoms with E-state index in [4.69, 9.17) is 5.11 Å². The van der Waals surface area contributed by atoms with Gasteiger partial charge in [-0.1, -0.05) is 31.2 Å². The monoisotopic (exact) mass is 246 g/mol. The zero-order valence-corrected chi connectivity index (χ0v) is 11.3. The molecule has 1 N–H and O–H groups in total. The summed E-state index contributed by atoms with van der Waals surface area (Å²) in [5, 5.41) is 8.65. The molecule has 2 aliphatic carbocycles. The van der Waals surface area contributed by atoms with Crippen LogP contribution in [0.25, 0.3) is 0 Å². The van der Waals surface area contributed by atoms with Crippen molar-refractivity contribution in [3.63, 3.8) is 0 Å². The van der Waals surface area contributed by atoms with Crippen LogP contribution in [0.1, 0.15) is 39.5 Å². The molecular formula is C16H22O2. The number of carboxylic acids is 1. The number of hydrogen-bond donors (Lipinski definition) is 1. The van der Waals surface area contributed by atoms with Crippen molar-refractivity contribution in [3.8, 4) is 0 Å². The van der Waals surface area contributed by atoms with Crippen molar-refractivity contribution in [2.24, 2.45) is 17.3 Å². The Balaban J connectivity index is 2.00. The van der Waals surface area contributed by atoms with Crippen molar-refractivity contribution in [1.82, 2.24) is 0 Å². The second-order valence-electron chi connectivity index (χ2n) is 5.98. The number of carbonyl (C=O) groups is 1. The summed E-state index contributed by atoms with van der Waals surface area (Å²) in [4.78, 5) is 10.5. The summed E-state index contributed by atoms with van der Waals surface area (Å²) < 4.78 is 0. The first-order chi connectivity index (χ1) is 8.43. The summed E-state index contributed by atoms with van der Waals surface area (Å²) in [7, 11) is 0. The Kier molecular flexibility index (Phi) is 3.47. The van der Waals surface area contributed by atoms with Gasteiger partial charge in [-0.2, -0.15) is 0 Å². The fourth-order valence-corrected chi connectivity index (χ4v) is 3.64. The van der Waals surface area contributed by atoms with E-state index in [1.54, 1.807) is 0 Å². The van der Waals surface area contributed by atoms with Crippen LogP contribution in [-0.2, 0) is 4.79 Å². The Bertz CT molecular complexity index is 430. The summed E-state index contributed by atoms with van der Waals surface area (Å²) in [5.41, 5.74) is 2.45. The molecule has 2 heteroatoms. The second-order valence-corrected chi connectivity index (χ2v) is 5.98. The fourth-order valence-electron chi connectivity index (χ4n) is 3.64. The highest BCUT2D eigenvalue weighted by Gasteiger charge is 2.49. The molecule has 3 atom stereocenters. The zero-order chi connectivity index (χ0) is 13.3. The van der Waals surface area contributed by atoms with Crippen LogP contribution in [0.4, 0.5) is 0 Å².